The molecule has 0 aromatic rings. The Bertz CT molecular complexity index is 92.7. The molecule has 0 saturated heterocycles. The number of hydrogen-bond donors (Lipinski definition) is 2. The van der Waals surface area contributed by atoms with E-state index in [0.717, 1.165) is 0 Å². The predicted octanol–water partition coefficient (Wildman–Crippen LogP) is 0.992. The van der Waals surface area contributed by atoms with Crippen LogP contribution in [0.3, 0.4) is 0 Å². The first-order chi connectivity index (χ1) is 4.06. The largest absolute Gasteiger partial charge is 0.478 e. The van der Waals surface area contributed by atoms with Crippen molar-refractivity contribution in [3.63, 3.8) is 0 Å². The van der Waals surface area contributed by atoms with E-state index in [1.165, 1.54) is 6.92 Å². The Kier molecular flexibility index (Phi) is 8.53. The van der Waals surface area contributed by atoms with Gasteiger partial charge in [-0.2, -0.15) is 0 Å². The van der Waals surface area contributed by atoms with Crippen molar-refractivity contribution in [3.05, 3.63) is 12.2 Å². The van der Waals surface area contributed by atoms with Gasteiger partial charge in [-0.15, -0.1) is 8.96 Å². The molecule has 0 aliphatic heterocycles. The lowest BCUT2D eigenvalue weighted by molar-refractivity contribution is -0.132. The summed E-state index contributed by atoms with van der Waals surface area (Å²) in [5.74, 6) is -1.19. The van der Waals surface area contributed by atoms with Crippen LogP contribution in [0.1, 0.15) is 6.92 Å². The molecule has 0 aromatic heterocycles. The Morgan fingerprint density at radius 1 is 1.67 bits per heavy atom. The maximum atomic E-state index is 9.60. The lowest BCUT2D eigenvalue weighted by atomic mass is 10.4. The Morgan fingerprint density at radius 3 is 1.78 bits per heavy atom. The van der Waals surface area contributed by atoms with Crippen molar-refractivity contribution in [3.8, 4) is 0 Å². The number of carbonyl (C=O) groups is 1. The summed E-state index contributed by atoms with van der Waals surface area (Å²) in [6.45, 7) is 4.60. The van der Waals surface area contributed by atoms with Crippen LogP contribution in [0, 0.1) is 0 Å². The molecule has 0 aromatic carbocycles. The molecule has 0 aliphatic carbocycles. The number of hydrogen-bond acceptors (Lipinski definition) is 2. The minimum Gasteiger partial charge on any atom is -0.478 e. The van der Waals surface area contributed by atoms with Crippen molar-refractivity contribution in [2.45, 2.75) is 6.92 Å². The highest BCUT2D eigenvalue weighted by Gasteiger charge is 1.90. The monoisotopic (exact) mass is 139 g/mol. The third-order valence-electron chi connectivity index (χ3n) is 0.365. The van der Waals surface area contributed by atoms with Gasteiger partial charge in [-0.1, -0.05) is 6.58 Å². The SMILES string of the molecule is C=C(C)C(=O)O.FNF. The summed E-state index contributed by atoms with van der Waals surface area (Å²) >= 11 is 0. The number of nitrogens with one attached hydrogen (secondary N) is 1. The first-order valence-corrected chi connectivity index (χ1v) is 1.91. The van der Waals surface area contributed by atoms with Gasteiger partial charge in [0.1, 0.15) is 0 Å². The molecule has 0 amide bonds. The fourth-order valence-corrected chi connectivity index (χ4v) is 0. The van der Waals surface area contributed by atoms with E-state index in [2.05, 4.69) is 6.58 Å². The summed E-state index contributed by atoms with van der Waals surface area (Å²) in [6.07, 6.45) is 0. The Labute approximate surface area is 50.9 Å². The van der Waals surface area contributed by atoms with Crippen LogP contribution < -0.4 is 5.76 Å². The molecule has 0 bridgehead atoms. The molecule has 54 valence electrons. The van der Waals surface area contributed by atoms with Gasteiger partial charge >= 0.3 is 5.97 Å². The van der Waals surface area contributed by atoms with Crippen LogP contribution in [0.2, 0.25) is 0 Å². The predicted molar refractivity (Wildman–Crippen MR) is 27.8 cm³/mol. The van der Waals surface area contributed by atoms with Crippen LogP contribution >= 0.6 is 0 Å². The Balaban J connectivity index is 0. The van der Waals surface area contributed by atoms with Crippen molar-refractivity contribution in [1.29, 1.82) is 0 Å². The third kappa shape index (κ3) is 19.4. The van der Waals surface area contributed by atoms with Gasteiger partial charge in [0.25, 0.3) is 0 Å². The molecule has 0 atom stereocenters. The van der Waals surface area contributed by atoms with Crippen molar-refractivity contribution in [1.82, 2.24) is 5.76 Å². The highest BCUT2D eigenvalue weighted by Crippen LogP contribution is 1.81. The third-order valence-corrected chi connectivity index (χ3v) is 0.365. The van der Waals surface area contributed by atoms with Gasteiger partial charge in [0.15, 0.2) is 0 Å². The van der Waals surface area contributed by atoms with Gasteiger partial charge in [-0.05, 0) is 6.92 Å². The second kappa shape index (κ2) is 7.03. The van der Waals surface area contributed by atoms with Gasteiger partial charge in [0.2, 0.25) is 0 Å². The van der Waals surface area contributed by atoms with Gasteiger partial charge in [-0.3, -0.25) is 0 Å². The molecule has 5 heteroatoms. The fourth-order valence-electron chi connectivity index (χ4n) is 0. The molecule has 0 spiro atoms. The molecular weight excluding hydrogens is 132 g/mol. The summed E-state index contributed by atoms with van der Waals surface area (Å²) in [5.41, 5.74) is 0.176. The highest BCUT2D eigenvalue weighted by molar-refractivity contribution is 5.84. The molecule has 0 unspecified atom stereocenters. The molecule has 0 aliphatic rings. The number of rotatable bonds is 1. The molecule has 3 nitrogen and oxygen atoms in total. The summed E-state index contributed by atoms with van der Waals surface area (Å²) in [6, 6.07) is 0. The van der Waals surface area contributed by atoms with E-state index in [4.69, 9.17) is 5.11 Å². The lowest BCUT2D eigenvalue weighted by Crippen LogP contribution is -1.92. The van der Waals surface area contributed by atoms with Crippen molar-refractivity contribution < 1.29 is 18.9 Å². The van der Waals surface area contributed by atoms with E-state index in [9.17, 15) is 13.8 Å². The van der Waals surface area contributed by atoms with Crippen molar-refractivity contribution >= 4 is 5.97 Å². The van der Waals surface area contributed by atoms with Gasteiger partial charge in [0.05, 0.1) is 0 Å². The quantitative estimate of drug-likeness (QED) is 0.420. The number of halogens is 2. The molecule has 0 rings (SSSR count). The van der Waals surface area contributed by atoms with E-state index >= 15 is 0 Å². The summed E-state index contributed by atoms with van der Waals surface area (Å²) in [7, 11) is 0. The van der Waals surface area contributed by atoms with Gasteiger partial charge < -0.3 is 5.11 Å². The van der Waals surface area contributed by atoms with Crippen LogP contribution in [-0.2, 0) is 4.79 Å². The van der Waals surface area contributed by atoms with Crippen LogP contribution in [0.4, 0.5) is 8.96 Å². The summed E-state index contributed by atoms with van der Waals surface area (Å²) in [4.78, 5) is 9.60. The summed E-state index contributed by atoms with van der Waals surface area (Å²) in [5, 5.41) is 7.89. The lowest BCUT2D eigenvalue weighted by Gasteiger charge is -1.79. The molecule has 2 N–H and O–H groups in total. The smallest absolute Gasteiger partial charge is 0.330 e. The van der Waals surface area contributed by atoms with E-state index in [1.54, 1.807) is 0 Å². The molecular formula is C4H7F2NO2. The first-order valence-electron chi connectivity index (χ1n) is 1.91. The van der Waals surface area contributed by atoms with E-state index in [0.29, 0.717) is 0 Å². The van der Waals surface area contributed by atoms with Crippen LogP contribution in [0.25, 0.3) is 0 Å². The second-order valence-corrected chi connectivity index (χ2v) is 1.16. The Morgan fingerprint density at radius 2 is 1.78 bits per heavy atom. The average molecular weight is 139 g/mol. The zero-order valence-electron chi connectivity index (χ0n) is 4.82. The zero-order valence-corrected chi connectivity index (χ0v) is 4.82. The van der Waals surface area contributed by atoms with Crippen LogP contribution in [0.15, 0.2) is 12.2 Å². The number of carboxylic acid groups (broad SMARTS) is 1. The average Bonchev–Trinajstić information content (AvgIpc) is 1.68. The zero-order chi connectivity index (χ0) is 7.86. The normalized spacial score (nSPS) is 7.00. The molecule has 0 heterocycles. The Hall–Kier alpha value is -0.970. The maximum absolute atomic E-state index is 9.60. The maximum Gasteiger partial charge on any atom is 0.330 e. The number of aliphatic carboxylic acids is 1. The van der Waals surface area contributed by atoms with Crippen molar-refractivity contribution in [2.24, 2.45) is 0 Å². The van der Waals surface area contributed by atoms with E-state index < -0.39 is 5.97 Å². The fraction of sp³-hybridized carbons (Fsp3) is 0.250. The molecule has 9 heavy (non-hydrogen) atoms. The highest BCUT2D eigenvalue weighted by atomic mass is 19.4. The molecule has 0 saturated carbocycles. The van der Waals surface area contributed by atoms with Crippen molar-refractivity contribution in [2.75, 3.05) is 0 Å². The molecule has 0 fully saturated rings. The minimum atomic E-state index is -0.935. The number of carboxylic acids is 1. The summed E-state index contributed by atoms with van der Waals surface area (Å²) < 4.78 is 18.8. The minimum absolute atomic E-state index is 0.176. The van der Waals surface area contributed by atoms with Gasteiger partial charge in [-0.25, -0.2) is 4.79 Å². The van der Waals surface area contributed by atoms with Crippen LogP contribution in [0.5, 0.6) is 0 Å². The van der Waals surface area contributed by atoms with Gasteiger partial charge in [0, 0.05) is 11.3 Å². The van der Waals surface area contributed by atoms with E-state index in [1.807, 2.05) is 0 Å². The standard InChI is InChI=1S/C4H6O2.F2HN/c1-3(2)4(5)6;1-3-2/h1H2,2H3,(H,5,6);3H. The van der Waals surface area contributed by atoms with Crippen LogP contribution in [-0.4, -0.2) is 11.1 Å². The second-order valence-electron chi connectivity index (χ2n) is 1.16. The van der Waals surface area contributed by atoms with E-state index in [-0.39, 0.29) is 11.3 Å². The first kappa shape index (κ1) is 10.9. The molecule has 0 radical (unpaired) electrons. The topological polar surface area (TPSA) is 49.3 Å².